The molecule has 3 nitrogen and oxygen atoms in total. The molecule has 0 unspecified atom stereocenters. The van der Waals surface area contributed by atoms with Crippen molar-refractivity contribution in [3.63, 3.8) is 0 Å². The highest BCUT2D eigenvalue weighted by molar-refractivity contribution is 6.30. The summed E-state index contributed by atoms with van der Waals surface area (Å²) >= 11 is 6.14. The predicted octanol–water partition coefficient (Wildman–Crippen LogP) is 6.40. The van der Waals surface area contributed by atoms with E-state index in [2.05, 4.69) is 35.9 Å². The van der Waals surface area contributed by atoms with Crippen LogP contribution in [-0.4, -0.2) is 21.9 Å². The fourth-order valence-electron chi connectivity index (χ4n) is 3.80. The molecule has 0 aliphatic heterocycles. The third-order valence-corrected chi connectivity index (χ3v) is 5.53. The monoisotopic (exact) mass is 416 g/mol. The highest BCUT2D eigenvalue weighted by Crippen LogP contribution is 2.19. The minimum atomic E-state index is 0.0677. The van der Waals surface area contributed by atoms with Crippen molar-refractivity contribution in [3.05, 3.63) is 107 Å². The second kappa shape index (κ2) is 9.19. The first-order valence-corrected chi connectivity index (χ1v) is 10.7. The first kappa shape index (κ1) is 20.2. The lowest BCUT2D eigenvalue weighted by atomic mass is 10.1. The molecule has 0 saturated heterocycles. The number of hydrogen-bond acceptors (Lipinski definition) is 1. The van der Waals surface area contributed by atoms with Crippen LogP contribution in [0.4, 0.5) is 0 Å². The number of benzene rings is 3. The fraction of sp³-hybridized carbons (Fsp3) is 0.192. The SMILES string of the molecule is CCCN(Cc1cccn1Cc1cccc(Cl)c1)C(=O)c1ccc2ccccc2c1. The number of amides is 1. The Balaban J connectivity index is 1.56. The number of hydrogen-bond donors (Lipinski definition) is 0. The topological polar surface area (TPSA) is 25.2 Å². The summed E-state index contributed by atoms with van der Waals surface area (Å²) in [5.41, 5.74) is 2.98. The average Bonchev–Trinajstić information content (AvgIpc) is 3.19. The summed E-state index contributed by atoms with van der Waals surface area (Å²) in [7, 11) is 0. The lowest BCUT2D eigenvalue weighted by Gasteiger charge is -2.23. The van der Waals surface area contributed by atoms with E-state index in [1.807, 2.05) is 65.6 Å². The van der Waals surface area contributed by atoms with E-state index in [0.29, 0.717) is 13.1 Å². The minimum absolute atomic E-state index is 0.0677. The van der Waals surface area contributed by atoms with Crippen LogP contribution in [0.1, 0.15) is 35.0 Å². The molecule has 4 heteroatoms. The number of halogens is 1. The van der Waals surface area contributed by atoms with Crippen molar-refractivity contribution < 1.29 is 4.79 Å². The maximum Gasteiger partial charge on any atom is 0.254 e. The highest BCUT2D eigenvalue weighted by atomic mass is 35.5. The van der Waals surface area contributed by atoms with Gasteiger partial charge in [-0.05, 0) is 59.2 Å². The zero-order valence-electron chi connectivity index (χ0n) is 17.1. The van der Waals surface area contributed by atoms with Gasteiger partial charge in [0.1, 0.15) is 0 Å². The Hall–Kier alpha value is -3.04. The van der Waals surface area contributed by atoms with Gasteiger partial charge in [-0.25, -0.2) is 0 Å². The summed E-state index contributed by atoms with van der Waals surface area (Å²) in [6.07, 6.45) is 2.97. The molecule has 0 saturated carbocycles. The van der Waals surface area contributed by atoms with Gasteiger partial charge in [-0.1, -0.05) is 61.0 Å². The second-order valence-electron chi connectivity index (χ2n) is 7.55. The zero-order valence-corrected chi connectivity index (χ0v) is 17.8. The van der Waals surface area contributed by atoms with Crippen LogP contribution in [0.25, 0.3) is 10.8 Å². The Morgan fingerprint density at radius 2 is 1.77 bits per heavy atom. The Bertz CT molecular complexity index is 1160. The summed E-state index contributed by atoms with van der Waals surface area (Å²) in [6.45, 7) is 4.12. The number of aromatic nitrogens is 1. The van der Waals surface area contributed by atoms with Crippen molar-refractivity contribution in [3.8, 4) is 0 Å². The molecule has 4 aromatic rings. The highest BCUT2D eigenvalue weighted by Gasteiger charge is 2.17. The third-order valence-electron chi connectivity index (χ3n) is 5.30. The first-order valence-electron chi connectivity index (χ1n) is 10.3. The number of carbonyl (C=O) groups excluding carboxylic acids is 1. The maximum atomic E-state index is 13.3. The largest absolute Gasteiger partial charge is 0.345 e. The lowest BCUT2D eigenvalue weighted by molar-refractivity contribution is 0.0740. The third kappa shape index (κ3) is 4.58. The summed E-state index contributed by atoms with van der Waals surface area (Å²) < 4.78 is 2.18. The number of carbonyl (C=O) groups is 1. The van der Waals surface area contributed by atoms with Crippen LogP contribution in [-0.2, 0) is 13.1 Å². The Kier molecular flexibility index (Phi) is 6.20. The average molecular weight is 417 g/mol. The number of rotatable bonds is 7. The molecule has 0 fully saturated rings. The van der Waals surface area contributed by atoms with E-state index < -0.39 is 0 Å². The molecule has 1 heterocycles. The summed E-state index contributed by atoms with van der Waals surface area (Å²) in [6, 6.07) is 26.1. The predicted molar refractivity (Wildman–Crippen MR) is 124 cm³/mol. The smallest absolute Gasteiger partial charge is 0.254 e. The molecule has 1 aromatic heterocycles. The molecule has 3 aromatic carbocycles. The molecule has 0 bridgehead atoms. The van der Waals surface area contributed by atoms with Gasteiger partial charge in [-0.2, -0.15) is 0 Å². The quantitative estimate of drug-likeness (QED) is 0.342. The molecule has 30 heavy (non-hydrogen) atoms. The van der Waals surface area contributed by atoms with E-state index in [9.17, 15) is 4.79 Å². The molecule has 0 N–H and O–H groups in total. The molecule has 0 aliphatic carbocycles. The molecular formula is C26H25ClN2O. The van der Waals surface area contributed by atoms with Crippen molar-refractivity contribution >= 4 is 28.3 Å². The molecule has 152 valence electrons. The van der Waals surface area contributed by atoms with Crippen LogP contribution >= 0.6 is 11.6 Å². The molecule has 1 amide bonds. The number of nitrogens with zero attached hydrogens (tertiary/aromatic N) is 2. The van der Waals surface area contributed by atoms with Crippen LogP contribution in [0.5, 0.6) is 0 Å². The summed E-state index contributed by atoms with van der Waals surface area (Å²) in [5, 5.41) is 2.97. The van der Waals surface area contributed by atoms with Gasteiger partial charge in [0.05, 0.1) is 6.54 Å². The first-order chi connectivity index (χ1) is 14.6. The van der Waals surface area contributed by atoms with Crippen molar-refractivity contribution in [2.75, 3.05) is 6.54 Å². The zero-order chi connectivity index (χ0) is 20.9. The van der Waals surface area contributed by atoms with E-state index in [4.69, 9.17) is 11.6 Å². The summed E-state index contributed by atoms with van der Waals surface area (Å²) in [5.74, 6) is 0.0677. The van der Waals surface area contributed by atoms with E-state index in [-0.39, 0.29) is 5.91 Å². The second-order valence-corrected chi connectivity index (χ2v) is 7.98. The molecule has 0 atom stereocenters. The van der Waals surface area contributed by atoms with Gasteiger partial charge in [0.25, 0.3) is 5.91 Å². The molecule has 0 spiro atoms. The van der Waals surface area contributed by atoms with Crippen LogP contribution in [0.15, 0.2) is 85.1 Å². The van der Waals surface area contributed by atoms with Crippen molar-refractivity contribution in [2.24, 2.45) is 0 Å². The van der Waals surface area contributed by atoms with Gasteiger partial charge in [0.2, 0.25) is 0 Å². The molecular weight excluding hydrogens is 392 g/mol. The lowest BCUT2D eigenvalue weighted by Crippen LogP contribution is -2.32. The van der Waals surface area contributed by atoms with Crippen molar-refractivity contribution in [2.45, 2.75) is 26.4 Å². The number of fused-ring (bicyclic) bond motifs is 1. The maximum absolute atomic E-state index is 13.3. The van der Waals surface area contributed by atoms with E-state index in [0.717, 1.165) is 45.6 Å². The van der Waals surface area contributed by atoms with Gasteiger partial charge < -0.3 is 9.47 Å². The van der Waals surface area contributed by atoms with E-state index in [1.165, 1.54) is 0 Å². The van der Waals surface area contributed by atoms with Gasteiger partial charge in [-0.15, -0.1) is 0 Å². The molecule has 0 aliphatic rings. The Morgan fingerprint density at radius 1 is 0.933 bits per heavy atom. The van der Waals surface area contributed by atoms with Gasteiger partial charge in [0, 0.05) is 35.6 Å². The summed E-state index contributed by atoms with van der Waals surface area (Å²) in [4.78, 5) is 15.3. The standard InChI is InChI=1S/C26H25ClN2O/c1-2-14-29(26(30)23-13-12-21-8-3-4-9-22(21)17-23)19-25-11-6-15-28(25)18-20-7-5-10-24(27)16-20/h3-13,15-17H,2,14,18-19H2,1H3. The molecule has 0 radical (unpaired) electrons. The van der Waals surface area contributed by atoms with Crippen LogP contribution in [0, 0.1) is 0 Å². The van der Waals surface area contributed by atoms with Crippen LogP contribution in [0.2, 0.25) is 5.02 Å². The normalized spacial score (nSPS) is 11.0. The van der Waals surface area contributed by atoms with E-state index in [1.54, 1.807) is 0 Å². The Labute approximate surface area is 182 Å². The Morgan fingerprint density at radius 3 is 2.57 bits per heavy atom. The van der Waals surface area contributed by atoms with Gasteiger partial charge in [-0.3, -0.25) is 4.79 Å². The van der Waals surface area contributed by atoms with Gasteiger partial charge in [0.15, 0.2) is 0 Å². The van der Waals surface area contributed by atoms with Crippen LogP contribution in [0.3, 0.4) is 0 Å². The van der Waals surface area contributed by atoms with Gasteiger partial charge >= 0.3 is 0 Å². The van der Waals surface area contributed by atoms with Crippen LogP contribution < -0.4 is 0 Å². The molecule has 4 rings (SSSR count). The van der Waals surface area contributed by atoms with Crippen molar-refractivity contribution in [1.82, 2.24) is 9.47 Å². The fourth-order valence-corrected chi connectivity index (χ4v) is 4.01. The van der Waals surface area contributed by atoms with Crippen molar-refractivity contribution in [1.29, 1.82) is 0 Å². The van der Waals surface area contributed by atoms with E-state index >= 15 is 0 Å². The minimum Gasteiger partial charge on any atom is -0.345 e.